The SMILES string of the molecule is CC(=O)NC(=Cc1ccc(-c2cccc(Cl)c2)o1)C(=O)O. The number of furan rings is 1. The highest BCUT2D eigenvalue weighted by molar-refractivity contribution is 6.30. The standard InChI is InChI=1S/C15H12ClNO4/c1-9(18)17-13(15(19)20)8-12-5-6-14(21-12)10-3-2-4-11(16)7-10/h2-8H,1H3,(H,17,18)(H,19,20). The van der Waals surface area contributed by atoms with Crippen molar-refractivity contribution < 1.29 is 19.1 Å². The van der Waals surface area contributed by atoms with Crippen LogP contribution in [0.3, 0.4) is 0 Å². The first-order chi connectivity index (χ1) is 9.95. The highest BCUT2D eigenvalue weighted by Gasteiger charge is 2.11. The molecule has 108 valence electrons. The molecule has 0 saturated carbocycles. The van der Waals surface area contributed by atoms with Crippen LogP contribution >= 0.6 is 11.6 Å². The molecule has 2 rings (SSSR count). The van der Waals surface area contributed by atoms with Gasteiger partial charge in [0.15, 0.2) is 0 Å². The summed E-state index contributed by atoms with van der Waals surface area (Å²) in [6.45, 7) is 1.23. The van der Waals surface area contributed by atoms with Gasteiger partial charge in [0.25, 0.3) is 0 Å². The van der Waals surface area contributed by atoms with Crippen molar-refractivity contribution in [2.24, 2.45) is 0 Å². The Morgan fingerprint density at radius 3 is 2.67 bits per heavy atom. The number of hydrogen-bond acceptors (Lipinski definition) is 3. The van der Waals surface area contributed by atoms with Gasteiger partial charge in [0.05, 0.1) is 0 Å². The molecule has 6 heteroatoms. The number of benzene rings is 1. The molecule has 2 N–H and O–H groups in total. The Morgan fingerprint density at radius 1 is 1.29 bits per heavy atom. The number of aliphatic carboxylic acids is 1. The maximum Gasteiger partial charge on any atom is 0.352 e. The Hall–Kier alpha value is -2.53. The van der Waals surface area contributed by atoms with Gasteiger partial charge in [-0.1, -0.05) is 23.7 Å². The zero-order valence-corrected chi connectivity index (χ0v) is 11.8. The van der Waals surface area contributed by atoms with Crippen LogP contribution in [0.1, 0.15) is 12.7 Å². The van der Waals surface area contributed by atoms with Gasteiger partial charge >= 0.3 is 5.97 Å². The van der Waals surface area contributed by atoms with E-state index in [1.165, 1.54) is 13.0 Å². The molecule has 1 heterocycles. The molecule has 0 saturated heterocycles. The quantitative estimate of drug-likeness (QED) is 0.850. The molecule has 0 unspecified atom stereocenters. The van der Waals surface area contributed by atoms with Crippen LogP contribution in [-0.2, 0) is 9.59 Å². The van der Waals surface area contributed by atoms with Crippen molar-refractivity contribution in [3.8, 4) is 11.3 Å². The van der Waals surface area contributed by atoms with Crippen molar-refractivity contribution >= 4 is 29.6 Å². The van der Waals surface area contributed by atoms with E-state index in [0.717, 1.165) is 5.56 Å². The lowest BCUT2D eigenvalue weighted by Gasteiger charge is -2.01. The first-order valence-corrected chi connectivity index (χ1v) is 6.42. The molecular weight excluding hydrogens is 294 g/mol. The lowest BCUT2D eigenvalue weighted by Crippen LogP contribution is -2.24. The highest BCUT2D eigenvalue weighted by Crippen LogP contribution is 2.25. The molecular formula is C15H12ClNO4. The summed E-state index contributed by atoms with van der Waals surface area (Å²) in [7, 11) is 0. The second-order valence-electron chi connectivity index (χ2n) is 4.26. The molecule has 1 aromatic carbocycles. The fraction of sp³-hybridized carbons (Fsp3) is 0.0667. The summed E-state index contributed by atoms with van der Waals surface area (Å²) in [6, 6.07) is 10.4. The molecule has 0 spiro atoms. The van der Waals surface area contributed by atoms with Gasteiger partial charge in [-0.25, -0.2) is 4.79 Å². The van der Waals surface area contributed by atoms with Gasteiger partial charge in [0.1, 0.15) is 17.2 Å². The highest BCUT2D eigenvalue weighted by atomic mass is 35.5. The van der Waals surface area contributed by atoms with Crippen LogP contribution in [0.2, 0.25) is 5.02 Å². The third kappa shape index (κ3) is 3.97. The normalized spacial score (nSPS) is 11.2. The maximum atomic E-state index is 11.0. The van der Waals surface area contributed by atoms with E-state index in [4.69, 9.17) is 21.1 Å². The number of halogens is 1. The predicted molar refractivity (Wildman–Crippen MR) is 78.6 cm³/mol. The smallest absolute Gasteiger partial charge is 0.352 e. The van der Waals surface area contributed by atoms with Gasteiger partial charge in [-0.3, -0.25) is 4.79 Å². The zero-order valence-electron chi connectivity index (χ0n) is 11.1. The Morgan fingerprint density at radius 2 is 2.05 bits per heavy atom. The fourth-order valence-electron chi connectivity index (χ4n) is 1.71. The van der Waals surface area contributed by atoms with Crippen LogP contribution in [0.15, 0.2) is 46.5 Å². The summed E-state index contributed by atoms with van der Waals surface area (Å²) in [5.74, 6) is -0.844. The number of amides is 1. The van der Waals surface area contributed by atoms with Crippen LogP contribution < -0.4 is 5.32 Å². The van der Waals surface area contributed by atoms with E-state index in [2.05, 4.69) is 5.32 Å². The third-order valence-electron chi connectivity index (χ3n) is 2.56. The molecule has 1 amide bonds. The molecule has 1 aromatic heterocycles. The van der Waals surface area contributed by atoms with E-state index < -0.39 is 11.9 Å². The first kappa shape index (κ1) is 14.9. The molecule has 5 nitrogen and oxygen atoms in total. The Kier molecular flexibility index (Phi) is 4.45. The van der Waals surface area contributed by atoms with Gasteiger partial charge in [0, 0.05) is 23.6 Å². The summed E-state index contributed by atoms with van der Waals surface area (Å²) >= 11 is 5.91. The molecule has 21 heavy (non-hydrogen) atoms. The fourth-order valence-corrected chi connectivity index (χ4v) is 1.90. The number of nitrogens with one attached hydrogen (secondary N) is 1. The van der Waals surface area contributed by atoms with Crippen molar-refractivity contribution in [3.63, 3.8) is 0 Å². The predicted octanol–water partition coefficient (Wildman–Crippen LogP) is 3.16. The van der Waals surface area contributed by atoms with Crippen LogP contribution in [0.5, 0.6) is 0 Å². The van der Waals surface area contributed by atoms with E-state index in [9.17, 15) is 9.59 Å². The molecule has 0 radical (unpaired) electrons. The van der Waals surface area contributed by atoms with E-state index in [0.29, 0.717) is 16.5 Å². The summed E-state index contributed by atoms with van der Waals surface area (Å²) in [6.07, 6.45) is 1.25. The Labute approximate surface area is 125 Å². The molecule has 0 aliphatic carbocycles. The number of carbonyl (C=O) groups is 2. The largest absolute Gasteiger partial charge is 0.477 e. The van der Waals surface area contributed by atoms with Gasteiger partial charge in [-0.05, 0) is 24.3 Å². The topological polar surface area (TPSA) is 79.5 Å². The number of rotatable bonds is 4. The second kappa shape index (κ2) is 6.28. The van der Waals surface area contributed by atoms with E-state index in [1.54, 1.807) is 30.3 Å². The summed E-state index contributed by atoms with van der Waals surface area (Å²) in [5, 5.41) is 11.8. The van der Waals surface area contributed by atoms with E-state index in [1.807, 2.05) is 6.07 Å². The maximum absolute atomic E-state index is 11.0. The minimum atomic E-state index is -1.24. The number of carboxylic acids is 1. The molecule has 0 fully saturated rings. The molecule has 0 aliphatic rings. The number of carboxylic acid groups (broad SMARTS) is 1. The minimum absolute atomic E-state index is 0.255. The minimum Gasteiger partial charge on any atom is -0.477 e. The van der Waals surface area contributed by atoms with Crippen molar-refractivity contribution in [2.45, 2.75) is 6.92 Å². The number of carbonyl (C=O) groups excluding carboxylic acids is 1. The molecule has 0 atom stereocenters. The van der Waals surface area contributed by atoms with Crippen molar-refractivity contribution in [3.05, 3.63) is 52.9 Å². The van der Waals surface area contributed by atoms with E-state index >= 15 is 0 Å². The summed E-state index contributed by atoms with van der Waals surface area (Å²) in [4.78, 5) is 22.0. The van der Waals surface area contributed by atoms with Crippen molar-refractivity contribution in [1.82, 2.24) is 5.32 Å². The zero-order chi connectivity index (χ0) is 15.4. The summed E-state index contributed by atoms with van der Waals surface area (Å²) < 4.78 is 5.54. The van der Waals surface area contributed by atoms with Gasteiger partial charge in [0.2, 0.25) is 5.91 Å². The average Bonchev–Trinajstić information content (AvgIpc) is 2.86. The monoisotopic (exact) mass is 305 g/mol. The van der Waals surface area contributed by atoms with Crippen molar-refractivity contribution in [2.75, 3.05) is 0 Å². The van der Waals surface area contributed by atoms with E-state index in [-0.39, 0.29) is 5.70 Å². The van der Waals surface area contributed by atoms with Crippen molar-refractivity contribution in [1.29, 1.82) is 0 Å². The first-order valence-electron chi connectivity index (χ1n) is 6.04. The Balaban J connectivity index is 2.30. The molecule has 0 bridgehead atoms. The summed E-state index contributed by atoms with van der Waals surface area (Å²) in [5.41, 5.74) is 0.521. The lowest BCUT2D eigenvalue weighted by molar-refractivity contribution is -0.134. The van der Waals surface area contributed by atoms with Crippen LogP contribution in [0.25, 0.3) is 17.4 Å². The van der Waals surface area contributed by atoms with Gasteiger partial charge in [-0.2, -0.15) is 0 Å². The average molecular weight is 306 g/mol. The van der Waals surface area contributed by atoms with Gasteiger partial charge in [-0.15, -0.1) is 0 Å². The van der Waals surface area contributed by atoms with Crippen LogP contribution in [-0.4, -0.2) is 17.0 Å². The molecule has 0 aliphatic heterocycles. The Bertz CT molecular complexity index is 718. The van der Waals surface area contributed by atoms with Crippen LogP contribution in [0.4, 0.5) is 0 Å². The second-order valence-corrected chi connectivity index (χ2v) is 4.69. The van der Waals surface area contributed by atoms with Gasteiger partial charge < -0.3 is 14.8 Å². The number of hydrogen-bond donors (Lipinski definition) is 2. The lowest BCUT2D eigenvalue weighted by atomic mass is 10.2. The molecule has 2 aromatic rings. The third-order valence-corrected chi connectivity index (χ3v) is 2.80. The van der Waals surface area contributed by atoms with Crippen LogP contribution in [0, 0.1) is 0 Å².